The molecule has 0 aromatic heterocycles. The largest absolute Gasteiger partial charge is 0.479 e. The van der Waals surface area contributed by atoms with Crippen molar-refractivity contribution in [1.82, 2.24) is 10.4 Å². The Labute approximate surface area is 99.6 Å². The Morgan fingerprint density at radius 2 is 2.35 bits per heavy atom. The van der Waals surface area contributed by atoms with Crippen molar-refractivity contribution in [3.8, 4) is 0 Å². The van der Waals surface area contributed by atoms with Crippen molar-refractivity contribution in [2.75, 3.05) is 26.3 Å². The number of nitrogens with zero attached hydrogens (tertiary/aromatic N) is 1. The van der Waals surface area contributed by atoms with E-state index in [9.17, 15) is 9.59 Å². The van der Waals surface area contributed by atoms with Crippen LogP contribution in [0.25, 0.3) is 0 Å². The quantitative estimate of drug-likeness (QED) is 0.654. The standard InChI is InChI=1S/C10H18N2O5/c1-2-12(6-8-4-3-5-16-8)10(15)11-17-7-9(13)14/h8H,2-7H2,1H3,(H,11,15)(H,13,14). The predicted octanol–water partition coefficient (Wildman–Crippen LogP) is 0.213. The first kappa shape index (κ1) is 13.7. The predicted molar refractivity (Wildman–Crippen MR) is 58.3 cm³/mol. The van der Waals surface area contributed by atoms with Gasteiger partial charge in [0.2, 0.25) is 0 Å². The van der Waals surface area contributed by atoms with Gasteiger partial charge in [-0.2, -0.15) is 0 Å². The number of aliphatic carboxylic acids is 1. The molecule has 1 aliphatic heterocycles. The highest BCUT2D eigenvalue weighted by Gasteiger charge is 2.21. The lowest BCUT2D eigenvalue weighted by Crippen LogP contribution is -2.44. The highest BCUT2D eigenvalue weighted by atomic mass is 16.7. The van der Waals surface area contributed by atoms with E-state index in [4.69, 9.17) is 9.84 Å². The van der Waals surface area contributed by atoms with Crippen molar-refractivity contribution in [3.05, 3.63) is 0 Å². The Morgan fingerprint density at radius 3 is 2.88 bits per heavy atom. The smallest absolute Gasteiger partial charge is 0.341 e. The van der Waals surface area contributed by atoms with Crippen LogP contribution < -0.4 is 5.48 Å². The van der Waals surface area contributed by atoms with Gasteiger partial charge in [-0.05, 0) is 19.8 Å². The second-order valence-corrected chi connectivity index (χ2v) is 3.76. The molecule has 2 N–H and O–H groups in total. The average Bonchev–Trinajstić information content (AvgIpc) is 2.77. The SMILES string of the molecule is CCN(CC1CCCO1)C(=O)NOCC(=O)O. The Balaban J connectivity index is 2.27. The minimum absolute atomic E-state index is 0.0696. The van der Waals surface area contributed by atoms with Crippen LogP contribution in [0.15, 0.2) is 0 Å². The highest BCUT2D eigenvalue weighted by molar-refractivity contribution is 5.73. The summed E-state index contributed by atoms with van der Waals surface area (Å²) >= 11 is 0. The van der Waals surface area contributed by atoms with Gasteiger partial charge in [-0.3, -0.25) is 4.84 Å². The van der Waals surface area contributed by atoms with E-state index in [0.717, 1.165) is 19.4 Å². The molecule has 1 saturated heterocycles. The molecule has 1 unspecified atom stereocenters. The second kappa shape index (κ2) is 7.08. The monoisotopic (exact) mass is 246 g/mol. The molecule has 1 aliphatic rings. The van der Waals surface area contributed by atoms with Gasteiger partial charge in [0.1, 0.15) is 0 Å². The normalized spacial score (nSPS) is 19.0. The van der Waals surface area contributed by atoms with E-state index in [1.165, 1.54) is 4.90 Å². The van der Waals surface area contributed by atoms with Crippen molar-refractivity contribution in [2.45, 2.75) is 25.9 Å². The average molecular weight is 246 g/mol. The van der Waals surface area contributed by atoms with Crippen LogP contribution in [-0.2, 0) is 14.4 Å². The Hall–Kier alpha value is -1.34. The lowest BCUT2D eigenvalue weighted by atomic mass is 10.2. The van der Waals surface area contributed by atoms with Gasteiger partial charge in [-0.15, -0.1) is 0 Å². The zero-order chi connectivity index (χ0) is 12.7. The summed E-state index contributed by atoms with van der Waals surface area (Å²) in [6.07, 6.45) is 2.03. The van der Waals surface area contributed by atoms with Crippen LogP contribution in [0.2, 0.25) is 0 Å². The molecular formula is C10H18N2O5. The summed E-state index contributed by atoms with van der Waals surface area (Å²) in [5.41, 5.74) is 2.09. The van der Waals surface area contributed by atoms with Gasteiger partial charge >= 0.3 is 12.0 Å². The molecular weight excluding hydrogens is 228 g/mol. The van der Waals surface area contributed by atoms with Crippen molar-refractivity contribution in [3.63, 3.8) is 0 Å². The van der Waals surface area contributed by atoms with Crippen LogP contribution in [0, 0.1) is 0 Å². The highest BCUT2D eigenvalue weighted by Crippen LogP contribution is 2.13. The molecule has 7 nitrogen and oxygen atoms in total. The van der Waals surface area contributed by atoms with E-state index in [-0.39, 0.29) is 6.10 Å². The summed E-state index contributed by atoms with van der Waals surface area (Å²) in [6, 6.07) is -0.441. The van der Waals surface area contributed by atoms with Crippen LogP contribution in [-0.4, -0.2) is 54.4 Å². The molecule has 1 rings (SSSR count). The number of nitrogens with one attached hydrogen (secondary N) is 1. The first-order valence-corrected chi connectivity index (χ1v) is 5.63. The molecule has 0 aromatic rings. The number of hydrogen-bond acceptors (Lipinski definition) is 4. The molecule has 0 aromatic carbocycles. The number of carbonyl (C=O) groups is 2. The van der Waals surface area contributed by atoms with E-state index in [1.807, 2.05) is 6.92 Å². The molecule has 7 heteroatoms. The Bertz CT molecular complexity index is 265. The molecule has 1 fully saturated rings. The van der Waals surface area contributed by atoms with Crippen LogP contribution in [0.3, 0.4) is 0 Å². The van der Waals surface area contributed by atoms with Gasteiger partial charge in [0.05, 0.1) is 6.10 Å². The Kier molecular flexibility index (Phi) is 5.71. The van der Waals surface area contributed by atoms with Gasteiger partial charge in [0.25, 0.3) is 0 Å². The second-order valence-electron chi connectivity index (χ2n) is 3.76. The maximum Gasteiger partial charge on any atom is 0.341 e. The van der Waals surface area contributed by atoms with Gasteiger partial charge in [0, 0.05) is 19.7 Å². The molecule has 98 valence electrons. The van der Waals surface area contributed by atoms with Gasteiger partial charge in [-0.25, -0.2) is 15.1 Å². The van der Waals surface area contributed by atoms with Crippen LogP contribution in [0.5, 0.6) is 0 Å². The van der Waals surface area contributed by atoms with E-state index in [1.54, 1.807) is 0 Å². The molecule has 0 aliphatic carbocycles. The minimum Gasteiger partial charge on any atom is -0.479 e. The summed E-state index contributed by atoms with van der Waals surface area (Å²) in [7, 11) is 0. The van der Waals surface area contributed by atoms with Crippen LogP contribution in [0.1, 0.15) is 19.8 Å². The maximum absolute atomic E-state index is 11.6. The van der Waals surface area contributed by atoms with E-state index < -0.39 is 18.6 Å². The van der Waals surface area contributed by atoms with Crippen molar-refractivity contribution >= 4 is 12.0 Å². The summed E-state index contributed by atoms with van der Waals surface area (Å²) < 4.78 is 5.42. The first-order chi connectivity index (χ1) is 8.13. The summed E-state index contributed by atoms with van der Waals surface area (Å²) in [4.78, 5) is 27.8. The lowest BCUT2D eigenvalue weighted by molar-refractivity contribution is -0.144. The molecule has 17 heavy (non-hydrogen) atoms. The van der Waals surface area contributed by atoms with Crippen LogP contribution >= 0.6 is 0 Å². The minimum atomic E-state index is -1.13. The van der Waals surface area contributed by atoms with E-state index in [0.29, 0.717) is 13.1 Å². The van der Waals surface area contributed by atoms with Gasteiger partial charge < -0.3 is 14.7 Å². The summed E-state index contributed by atoms with van der Waals surface area (Å²) in [5, 5.41) is 8.34. The number of likely N-dealkylation sites (N-methyl/N-ethyl adjacent to an activating group) is 1. The maximum atomic E-state index is 11.6. The molecule has 1 atom stereocenters. The first-order valence-electron chi connectivity index (χ1n) is 5.63. The third-order valence-corrected chi connectivity index (χ3v) is 2.47. The number of ether oxygens (including phenoxy) is 1. The van der Waals surface area contributed by atoms with Crippen LogP contribution in [0.4, 0.5) is 4.79 Å². The van der Waals surface area contributed by atoms with Crippen molar-refractivity contribution in [1.29, 1.82) is 0 Å². The summed E-state index contributed by atoms with van der Waals surface area (Å²) in [5.74, 6) is -1.13. The zero-order valence-electron chi connectivity index (χ0n) is 9.85. The number of rotatable bonds is 6. The van der Waals surface area contributed by atoms with E-state index in [2.05, 4.69) is 10.3 Å². The number of carboxylic acid groups (broad SMARTS) is 1. The molecule has 0 bridgehead atoms. The fraction of sp³-hybridized carbons (Fsp3) is 0.800. The molecule has 0 saturated carbocycles. The fourth-order valence-corrected chi connectivity index (χ4v) is 1.61. The lowest BCUT2D eigenvalue weighted by Gasteiger charge is -2.23. The molecule has 2 amide bonds. The van der Waals surface area contributed by atoms with Gasteiger partial charge in [-0.1, -0.05) is 0 Å². The third kappa shape index (κ3) is 5.01. The molecule has 0 radical (unpaired) electrons. The number of urea groups is 1. The van der Waals surface area contributed by atoms with Crippen molar-refractivity contribution < 1.29 is 24.3 Å². The van der Waals surface area contributed by atoms with Gasteiger partial charge in [0.15, 0.2) is 6.61 Å². The topological polar surface area (TPSA) is 88.1 Å². The molecule has 0 spiro atoms. The fourth-order valence-electron chi connectivity index (χ4n) is 1.61. The number of amides is 2. The van der Waals surface area contributed by atoms with E-state index >= 15 is 0 Å². The number of hydroxylamine groups is 1. The number of hydrogen-bond donors (Lipinski definition) is 2. The number of carboxylic acids is 1. The Morgan fingerprint density at radius 1 is 1.59 bits per heavy atom. The summed E-state index contributed by atoms with van der Waals surface area (Å²) in [6.45, 7) is 3.04. The van der Waals surface area contributed by atoms with Crippen molar-refractivity contribution in [2.24, 2.45) is 0 Å². The zero-order valence-corrected chi connectivity index (χ0v) is 9.85. The third-order valence-electron chi connectivity index (χ3n) is 2.47. The number of carbonyl (C=O) groups excluding carboxylic acids is 1. The molecule has 1 heterocycles.